The maximum Gasteiger partial charge on any atom is 0.214 e. The predicted octanol–water partition coefficient (Wildman–Crippen LogP) is 2.62. The maximum absolute atomic E-state index is 12.3. The lowest BCUT2D eigenvalue weighted by molar-refractivity contribution is 0.106. The Hall–Kier alpha value is -2.69. The van der Waals surface area contributed by atoms with Gasteiger partial charge in [0.15, 0.2) is 0 Å². The molecule has 0 aliphatic carbocycles. The van der Waals surface area contributed by atoms with Crippen molar-refractivity contribution >= 4 is 11.5 Å². The monoisotopic (exact) mass is 268 g/mol. The average Bonchev–Trinajstić information content (AvgIpc) is 2.65. The van der Waals surface area contributed by atoms with Crippen molar-refractivity contribution < 1.29 is 14.7 Å². The molecule has 5 nitrogen and oxygen atoms in total. The van der Waals surface area contributed by atoms with Crippen molar-refractivity contribution in [2.45, 2.75) is 12.5 Å². The van der Waals surface area contributed by atoms with Crippen molar-refractivity contribution in [2.24, 2.45) is 5.16 Å². The molecule has 5 heteroatoms. The minimum absolute atomic E-state index is 0.0746. The van der Waals surface area contributed by atoms with E-state index in [4.69, 9.17) is 9.94 Å². The molecule has 0 fully saturated rings. The van der Waals surface area contributed by atoms with E-state index in [1.54, 1.807) is 36.5 Å². The number of aromatic nitrogens is 1. The Bertz CT molecular complexity index is 668. The normalized spacial score (nSPS) is 20.1. The van der Waals surface area contributed by atoms with Gasteiger partial charge in [0.2, 0.25) is 5.78 Å². The number of benzene rings is 1. The van der Waals surface area contributed by atoms with Crippen LogP contribution in [0.1, 0.15) is 28.6 Å². The molecule has 1 aliphatic heterocycles. The first-order chi connectivity index (χ1) is 9.79. The van der Waals surface area contributed by atoms with Crippen LogP contribution in [0.15, 0.2) is 53.8 Å². The Morgan fingerprint density at radius 2 is 2.00 bits per heavy atom. The molecule has 1 aromatic heterocycles. The zero-order valence-corrected chi connectivity index (χ0v) is 10.6. The van der Waals surface area contributed by atoms with E-state index in [0.29, 0.717) is 17.0 Å². The molecule has 0 spiro atoms. The smallest absolute Gasteiger partial charge is 0.214 e. The quantitative estimate of drug-likeness (QED) is 0.637. The van der Waals surface area contributed by atoms with E-state index in [1.807, 2.05) is 12.1 Å². The molecule has 1 atom stereocenters. The number of pyridine rings is 1. The lowest BCUT2D eigenvalue weighted by Crippen LogP contribution is -2.16. The van der Waals surface area contributed by atoms with E-state index in [2.05, 4.69) is 10.1 Å². The number of nitrogens with zero attached hydrogens (tertiary/aromatic N) is 2. The van der Waals surface area contributed by atoms with Crippen LogP contribution in [0.3, 0.4) is 0 Å². The van der Waals surface area contributed by atoms with E-state index < -0.39 is 6.10 Å². The number of ketones is 1. The van der Waals surface area contributed by atoms with Crippen LogP contribution in [0.25, 0.3) is 0 Å². The van der Waals surface area contributed by atoms with Crippen LogP contribution in [0, 0.1) is 0 Å². The number of carbonyl (C=O) groups excluding carboxylic acids is 1. The molecular weight excluding hydrogens is 256 g/mol. The van der Waals surface area contributed by atoms with Crippen LogP contribution >= 0.6 is 0 Å². The molecule has 2 aromatic rings. The summed E-state index contributed by atoms with van der Waals surface area (Å²) in [5, 5.41) is 12.2. The Morgan fingerprint density at radius 1 is 1.20 bits per heavy atom. The van der Waals surface area contributed by atoms with Crippen molar-refractivity contribution in [3.8, 4) is 5.75 Å². The van der Waals surface area contributed by atoms with Gasteiger partial charge in [-0.05, 0) is 24.3 Å². The van der Waals surface area contributed by atoms with Crippen molar-refractivity contribution in [3.63, 3.8) is 0 Å². The van der Waals surface area contributed by atoms with Gasteiger partial charge in [-0.3, -0.25) is 9.78 Å². The van der Waals surface area contributed by atoms with Crippen LogP contribution < -0.4 is 4.74 Å². The van der Waals surface area contributed by atoms with Gasteiger partial charge in [-0.15, -0.1) is 0 Å². The Morgan fingerprint density at radius 3 is 2.75 bits per heavy atom. The molecule has 2 heterocycles. The van der Waals surface area contributed by atoms with Crippen LogP contribution in [0.5, 0.6) is 5.75 Å². The van der Waals surface area contributed by atoms with Gasteiger partial charge in [0.1, 0.15) is 17.6 Å². The van der Waals surface area contributed by atoms with Crippen molar-refractivity contribution in [2.75, 3.05) is 0 Å². The number of oxime groups is 1. The third-order valence-corrected chi connectivity index (χ3v) is 3.18. The third kappa shape index (κ3) is 2.14. The lowest BCUT2D eigenvalue weighted by atomic mass is 10.0. The van der Waals surface area contributed by atoms with Gasteiger partial charge >= 0.3 is 0 Å². The van der Waals surface area contributed by atoms with Gasteiger partial charge in [-0.25, -0.2) is 0 Å². The summed E-state index contributed by atoms with van der Waals surface area (Å²) in [4.78, 5) is 16.5. The first-order valence-electron chi connectivity index (χ1n) is 6.22. The topological polar surface area (TPSA) is 71.8 Å². The summed E-state index contributed by atoms with van der Waals surface area (Å²) >= 11 is 0. The molecule has 3 rings (SSSR count). The molecule has 0 bridgehead atoms. The van der Waals surface area contributed by atoms with Crippen LogP contribution in [0.4, 0.5) is 0 Å². The summed E-state index contributed by atoms with van der Waals surface area (Å²) in [5.74, 6) is 0.160. The van der Waals surface area contributed by atoms with Gasteiger partial charge in [0.05, 0.1) is 11.3 Å². The van der Waals surface area contributed by atoms with E-state index in [9.17, 15) is 4.79 Å². The number of hydrogen-bond donors (Lipinski definition) is 1. The van der Waals surface area contributed by atoms with E-state index in [-0.39, 0.29) is 17.9 Å². The molecule has 100 valence electrons. The second kappa shape index (κ2) is 5.13. The molecular formula is C15H12N2O3. The lowest BCUT2D eigenvalue weighted by Gasteiger charge is -2.16. The molecule has 1 unspecified atom stereocenters. The standard InChI is InChI=1S/C15H12N2O3/c18-15-10-5-1-2-7-13(10)20-14(9-12(15)17-19)11-6-3-4-8-16-11/h1-8,14,19H,9H2. The molecule has 0 radical (unpaired) electrons. The first kappa shape index (κ1) is 12.3. The van der Waals surface area contributed by atoms with Crippen LogP contribution in [0.2, 0.25) is 0 Å². The molecule has 1 aliphatic rings. The van der Waals surface area contributed by atoms with E-state index in [1.165, 1.54) is 0 Å². The minimum Gasteiger partial charge on any atom is -0.483 e. The van der Waals surface area contributed by atoms with Crippen molar-refractivity contribution in [1.82, 2.24) is 4.98 Å². The molecule has 20 heavy (non-hydrogen) atoms. The summed E-state index contributed by atoms with van der Waals surface area (Å²) in [6, 6.07) is 12.4. The predicted molar refractivity (Wildman–Crippen MR) is 72.2 cm³/mol. The molecule has 1 aromatic carbocycles. The second-order valence-corrected chi connectivity index (χ2v) is 4.44. The van der Waals surface area contributed by atoms with E-state index >= 15 is 0 Å². The fraction of sp³-hybridized carbons (Fsp3) is 0.133. The fourth-order valence-electron chi connectivity index (χ4n) is 2.19. The number of para-hydroxylation sites is 1. The summed E-state index contributed by atoms with van der Waals surface area (Å²) in [7, 11) is 0. The molecule has 0 saturated carbocycles. The Balaban J connectivity index is 2.07. The minimum atomic E-state index is -0.449. The summed E-state index contributed by atoms with van der Waals surface area (Å²) in [6.45, 7) is 0. The highest BCUT2D eigenvalue weighted by atomic mass is 16.5. The van der Waals surface area contributed by atoms with Crippen molar-refractivity contribution in [1.29, 1.82) is 0 Å². The number of ether oxygens (including phenoxy) is 1. The largest absolute Gasteiger partial charge is 0.483 e. The number of carbonyl (C=O) groups is 1. The maximum atomic E-state index is 12.3. The molecule has 1 N–H and O–H groups in total. The Labute approximate surface area is 115 Å². The number of rotatable bonds is 1. The number of Topliss-reactive ketones (excluding diaryl/α,β-unsaturated/α-hetero) is 1. The van der Waals surface area contributed by atoms with Gasteiger partial charge in [-0.1, -0.05) is 23.4 Å². The molecule has 0 amide bonds. The highest BCUT2D eigenvalue weighted by Gasteiger charge is 2.29. The SMILES string of the molecule is O=C1C(=NO)CC(c2ccccn2)Oc2ccccc21. The van der Waals surface area contributed by atoms with Gasteiger partial charge in [-0.2, -0.15) is 0 Å². The summed E-state index contributed by atoms with van der Waals surface area (Å²) in [6.07, 6.45) is 1.39. The fourth-order valence-corrected chi connectivity index (χ4v) is 2.19. The van der Waals surface area contributed by atoms with Gasteiger partial charge in [0.25, 0.3) is 0 Å². The number of hydrogen-bond acceptors (Lipinski definition) is 5. The number of fused-ring (bicyclic) bond motifs is 1. The van der Waals surface area contributed by atoms with Gasteiger partial charge in [0, 0.05) is 12.6 Å². The van der Waals surface area contributed by atoms with Crippen LogP contribution in [-0.4, -0.2) is 21.7 Å². The van der Waals surface area contributed by atoms with Crippen molar-refractivity contribution in [3.05, 3.63) is 59.9 Å². The molecule has 0 saturated heterocycles. The second-order valence-electron chi connectivity index (χ2n) is 4.44. The van der Waals surface area contributed by atoms with Crippen LogP contribution in [-0.2, 0) is 0 Å². The first-order valence-corrected chi connectivity index (χ1v) is 6.22. The average molecular weight is 268 g/mol. The highest BCUT2D eigenvalue weighted by Crippen LogP contribution is 2.31. The highest BCUT2D eigenvalue weighted by molar-refractivity contribution is 6.46. The summed E-state index contributed by atoms with van der Waals surface area (Å²) in [5.41, 5.74) is 1.17. The Kier molecular flexibility index (Phi) is 3.16. The third-order valence-electron chi connectivity index (χ3n) is 3.18. The zero-order valence-electron chi connectivity index (χ0n) is 10.6. The van der Waals surface area contributed by atoms with E-state index in [0.717, 1.165) is 0 Å². The summed E-state index contributed by atoms with van der Waals surface area (Å²) < 4.78 is 5.87. The van der Waals surface area contributed by atoms with Gasteiger partial charge < -0.3 is 9.94 Å². The zero-order chi connectivity index (χ0) is 13.9.